The Hall–Kier alpha value is -0.620. The van der Waals surface area contributed by atoms with Crippen LogP contribution in [0.25, 0.3) is 0 Å². The summed E-state index contributed by atoms with van der Waals surface area (Å²) in [7, 11) is 0. The number of carbonyl (C=O) groups excluding carboxylic acids is 3. The molecule has 0 fully saturated rings. The Labute approximate surface area is 188 Å². The van der Waals surface area contributed by atoms with Crippen LogP contribution in [0.1, 0.15) is 26.7 Å². The van der Waals surface area contributed by atoms with Gasteiger partial charge in [-0.3, -0.25) is 14.4 Å². The van der Waals surface area contributed by atoms with E-state index >= 15 is 0 Å². The smallest absolute Gasteiger partial charge is 0.315 e. The quantitative estimate of drug-likeness (QED) is 0.151. The summed E-state index contributed by atoms with van der Waals surface area (Å²) in [4.78, 5) is 34.4. The molecule has 1 unspecified atom stereocenters. The van der Waals surface area contributed by atoms with Crippen LogP contribution in [0.5, 0.6) is 0 Å². The van der Waals surface area contributed by atoms with Gasteiger partial charge in [0.2, 0.25) is 0 Å². The molecule has 0 heterocycles. The second-order valence-corrected chi connectivity index (χ2v) is 7.76. The number of hydrogen-bond donors (Lipinski definition) is 4. The zero-order valence-corrected chi connectivity index (χ0v) is 19.6. The average molecular weight is 473 g/mol. The third kappa shape index (κ3) is 10.8. The number of thiol groups is 3. The molecule has 1 atom stereocenters. The van der Waals surface area contributed by atoms with Gasteiger partial charge in [-0.15, -0.1) is 0 Å². The minimum atomic E-state index is -0.776. The maximum atomic E-state index is 11.5. The standard InChI is InChI=1S/C18H32O8S3/c1-3-17(8-19,11-24-14(20)5-27)9-23-10-18(4-2,12-25-15(21)6-28)13-26-16(22)7-29/h19,27-29H,3-13H2,1-2H3. The van der Waals surface area contributed by atoms with Gasteiger partial charge in [-0.25, -0.2) is 0 Å². The molecule has 0 aliphatic carbocycles. The van der Waals surface area contributed by atoms with Crippen LogP contribution in [-0.4, -0.2) is 79.9 Å². The minimum Gasteiger partial charge on any atom is -0.464 e. The summed E-state index contributed by atoms with van der Waals surface area (Å²) in [6.07, 6.45) is 1.01. The van der Waals surface area contributed by atoms with Gasteiger partial charge in [0.25, 0.3) is 0 Å². The van der Waals surface area contributed by atoms with E-state index < -0.39 is 28.7 Å². The Bertz CT molecular complexity index is 491. The van der Waals surface area contributed by atoms with Crippen LogP contribution in [0, 0.1) is 10.8 Å². The normalized spacial score (nSPS) is 13.4. The molecule has 0 aromatic rings. The van der Waals surface area contributed by atoms with Gasteiger partial charge in [-0.1, -0.05) is 13.8 Å². The molecule has 1 N–H and O–H groups in total. The van der Waals surface area contributed by atoms with Crippen LogP contribution in [-0.2, 0) is 33.3 Å². The van der Waals surface area contributed by atoms with E-state index in [0.717, 1.165) is 0 Å². The van der Waals surface area contributed by atoms with Crippen LogP contribution >= 0.6 is 37.9 Å². The second-order valence-electron chi connectivity index (χ2n) is 6.81. The van der Waals surface area contributed by atoms with E-state index in [1.54, 1.807) is 0 Å². The summed E-state index contributed by atoms with van der Waals surface area (Å²) in [5, 5.41) is 9.82. The molecule has 0 spiro atoms. The van der Waals surface area contributed by atoms with Crippen molar-refractivity contribution in [3.8, 4) is 0 Å². The molecule has 0 bridgehead atoms. The fourth-order valence-electron chi connectivity index (χ4n) is 2.20. The maximum Gasteiger partial charge on any atom is 0.315 e. The van der Waals surface area contributed by atoms with Crippen molar-refractivity contribution in [2.24, 2.45) is 10.8 Å². The highest BCUT2D eigenvalue weighted by molar-refractivity contribution is 7.81. The molecular weight excluding hydrogens is 440 g/mol. The number of esters is 3. The van der Waals surface area contributed by atoms with Crippen LogP contribution in [0.4, 0.5) is 0 Å². The first kappa shape index (κ1) is 28.4. The minimum absolute atomic E-state index is 0.0121. The molecule has 0 radical (unpaired) electrons. The van der Waals surface area contributed by atoms with Crippen molar-refractivity contribution in [2.75, 3.05) is 56.9 Å². The zero-order valence-electron chi connectivity index (χ0n) is 16.9. The van der Waals surface area contributed by atoms with Gasteiger partial charge >= 0.3 is 17.9 Å². The molecule has 170 valence electrons. The lowest BCUT2D eigenvalue weighted by molar-refractivity contribution is -0.157. The van der Waals surface area contributed by atoms with Gasteiger partial charge in [0.05, 0.1) is 47.9 Å². The third-order valence-electron chi connectivity index (χ3n) is 4.66. The van der Waals surface area contributed by atoms with Crippen LogP contribution in [0.15, 0.2) is 0 Å². The molecule has 0 aromatic carbocycles. The lowest BCUT2D eigenvalue weighted by Crippen LogP contribution is -2.42. The number of aliphatic hydroxyl groups excluding tert-OH is 1. The topological polar surface area (TPSA) is 108 Å². The summed E-state index contributed by atoms with van der Waals surface area (Å²) in [6.45, 7) is 3.62. The molecule has 0 saturated carbocycles. The number of hydrogen-bond acceptors (Lipinski definition) is 11. The van der Waals surface area contributed by atoms with Crippen LogP contribution in [0.2, 0.25) is 0 Å². The Kier molecular flexibility index (Phi) is 14.9. The van der Waals surface area contributed by atoms with Gasteiger partial charge in [-0.2, -0.15) is 37.9 Å². The summed E-state index contributed by atoms with van der Waals surface area (Å²) in [6, 6.07) is 0. The molecule has 29 heavy (non-hydrogen) atoms. The van der Waals surface area contributed by atoms with Gasteiger partial charge in [0.1, 0.15) is 19.8 Å². The predicted octanol–water partition coefficient (Wildman–Crippen LogP) is 1.21. The van der Waals surface area contributed by atoms with Crippen molar-refractivity contribution in [3.63, 3.8) is 0 Å². The van der Waals surface area contributed by atoms with E-state index in [2.05, 4.69) is 37.9 Å². The summed E-state index contributed by atoms with van der Waals surface area (Å²) < 4.78 is 21.4. The van der Waals surface area contributed by atoms with E-state index in [-0.39, 0.29) is 56.9 Å². The van der Waals surface area contributed by atoms with Gasteiger partial charge in [0, 0.05) is 0 Å². The van der Waals surface area contributed by atoms with Crippen molar-refractivity contribution in [1.82, 2.24) is 0 Å². The zero-order chi connectivity index (χ0) is 22.3. The van der Waals surface area contributed by atoms with Crippen molar-refractivity contribution in [1.29, 1.82) is 0 Å². The molecule has 0 aliphatic rings. The summed E-state index contributed by atoms with van der Waals surface area (Å²) in [5.41, 5.74) is -1.55. The number of ether oxygens (including phenoxy) is 4. The first-order valence-corrected chi connectivity index (χ1v) is 11.1. The third-order valence-corrected chi connectivity index (χ3v) is 5.43. The monoisotopic (exact) mass is 472 g/mol. The van der Waals surface area contributed by atoms with Crippen LogP contribution in [0.3, 0.4) is 0 Å². The number of rotatable bonds is 16. The van der Waals surface area contributed by atoms with Gasteiger partial charge < -0.3 is 24.1 Å². The highest BCUT2D eigenvalue weighted by atomic mass is 32.1. The van der Waals surface area contributed by atoms with E-state index in [9.17, 15) is 19.5 Å². The second kappa shape index (κ2) is 15.2. The Balaban J connectivity index is 5.10. The first-order chi connectivity index (χ1) is 13.8. The highest BCUT2D eigenvalue weighted by Gasteiger charge is 2.35. The van der Waals surface area contributed by atoms with Crippen molar-refractivity contribution in [2.45, 2.75) is 26.7 Å². The van der Waals surface area contributed by atoms with Crippen molar-refractivity contribution < 1.29 is 38.4 Å². The SMILES string of the molecule is CCC(CO)(COCC(CC)(COC(=O)CS)COC(=O)CS)COC(=O)CS. The van der Waals surface area contributed by atoms with E-state index in [1.165, 1.54) is 0 Å². The maximum absolute atomic E-state index is 11.5. The van der Waals surface area contributed by atoms with E-state index in [4.69, 9.17) is 18.9 Å². The number of aliphatic hydroxyl groups is 1. The first-order valence-electron chi connectivity index (χ1n) is 9.24. The fraction of sp³-hybridized carbons (Fsp3) is 0.833. The molecule has 0 aromatic heterocycles. The van der Waals surface area contributed by atoms with Gasteiger partial charge in [-0.05, 0) is 12.8 Å². The summed E-state index contributed by atoms with van der Waals surface area (Å²) >= 11 is 11.6. The molecule has 0 amide bonds. The number of carbonyl (C=O) groups is 3. The average Bonchev–Trinajstić information content (AvgIpc) is 2.76. The predicted molar refractivity (Wildman–Crippen MR) is 118 cm³/mol. The Morgan fingerprint density at radius 2 is 1.03 bits per heavy atom. The Morgan fingerprint density at radius 1 is 0.690 bits per heavy atom. The lowest BCUT2D eigenvalue weighted by atomic mass is 9.86. The largest absolute Gasteiger partial charge is 0.464 e. The fourth-order valence-corrected chi connectivity index (χ4v) is 2.48. The van der Waals surface area contributed by atoms with Crippen molar-refractivity contribution >= 4 is 55.8 Å². The molecular formula is C18H32O8S3. The Morgan fingerprint density at radius 3 is 1.34 bits per heavy atom. The molecule has 11 heteroatoms. The van der Waals surface area contributed by atoms with E-state index in [0.29, 0.717) is 12.8 Å². The molecule has 0 saturated heterocycles. The summed E-state index contributed by atoms with van der Waals surface area (Å²) in [5.74, 6) is -1.68. The van der Waals surface area contributed by atoms with Crippen LogP contribution < -0.4 is 0 Å². The van der Waals surface area contributed by atoms with Gasteiger partial charge in [0.15, 0.2) is 0 Å². The molecule has 0 rings (SSSR count). The molecule has 0 aliphatic heterocycles. The van der Waals surface area contributed by atoms with E-state index in [1.807, 2.05) is 13.8 Å². The highest BCUT2D eigenvalue weighted by Crippen LogP contribution is 2.28. The lowest BCUT2D eigenvalue weighted by Gasteiger charge is -2.34. The molecule has 8 nitrogen and oxygen atoms in total. The van der Waals surface area contributed by atoms with Crippen molar-refractivity contribution in [3.05, 3.63) is 0 Å².